The number of hydrogen-bond donors (Lipinski definition) is 2. The summed E-state index contributed by atoms with van der Waals surface area (Å²) in [6.45, 7) is 5.06. The fraction of sp³-hybridized carbons (Fsp3) is 0.286. The van der Waals surface area contributed by atoms with Crippen molar-refractivity contribution in [1.82, 2.24) is 10.3 Å². The van der Waals surface area contributed by atoms with Crippen molar-refractivity contribution in [3.05, 3.63) is 47.1 Å². The molecule has 0 fully saturated rings. The molecule has 1 heterocycles. The molecule has 1 aromatic carbocycles. The first-order chi connectivity index (χ1) is 8.16. The smallest absolute Gasteiger partial charge is 0.0457 e. The van der Waals surface area contributed by atoms with E-state index in [0.717, 1.165) is 28.4 Å². The number of aromatic amines is 1. The summed E-state index contributed by atoms with van der Waals surface area (Å²) in [5.41, 5.74) is 3.35. The van der Waals surface area contributed by atoms with Crippen LogP contribution in [0.4, 0.5) is 0 Å². The van der Waals surface area contributed by atoms with E-state index in [4.69, 9.17) is 11.6 Å². The van der Waals surface area contributed by atoms with Gasteiger partial charge in [-0.2, -0.15) is 0 Å². The number of hydrogen-bond acceptors (Lipinski definition) is 1. The number of H-pyrrole nitrogens is 1. The molecule has 0 atom stereocenters. The van der Waals surface area contributed by atoms with Gasteiger partial charge in [-0.15, -0.1) is 0 Å². The standard InChI is InChI=1S/C14H17ClN2/c1-10(2)17-9-12-6-5-11(8-13(12)15)14-4-3-7-16-14/h3-8,10,16-17H,9H2,1-2H3. The maximum atomic E-state index is 6.28. The molecule has 0 aliphatic heterocycles. The Balaban J connectivity index is 2.17. The van der Waals surface area contributed by atoms with Gasteiger partial charge in [-0.05, 0) is 29.3 Å². The van der Waals surface area contributed by atoms with Crippen LogP contribution in [0, 0.1) is 0 Å². The molecule has 0 spiro atoms. The first-order valence-electron chi connectivity index (χ1n) is 5.82. The zero-order chi connectivity index (χ0) is 12.3. The van der Waals surface area contributed by atoms with Crippen LogP contribution >= 0.6 is 11.6 Å². The average molecular weight is 249 g/mol. The van der Waals surface area contributed by atoms with Crippen LogP contribution in [0.5, 0.6) is 0 Å². The Labute approximate surface area is 107 Å². The SMILES string of the molecule is CC(C)NCc1ccc(-c2ccc[nH]2)cc1Cl. The average Bonchev–Trinajstić information content (AvgIpc) is 2.80. The van der Waals surface area contributed by atoms with E-state index in [1.807, 2.05) is 24.4 Å². The van der Waals surface area contributed by atoms with Gasteiger partial charge in [0.15, 0.2) is 0 Å². The molecule has 0 unspecified atom stereocenters. The second kappa shape index (κ2) is 5.39. The first-order valence-corrected chi connectivity index (χ1v) is 6.20. The molecular formula is C14H17ClN2. The van der Waals surface area contributed by atoms with Gasteiger partial charge >= 0.3 is 0 Å². The highest BCUT2D eigenvalue weighted by molar-refractivity contribution is 6.31. The van der Waals surface area contributed by atoms with Gasteiger partial charge < -0.3 is 10.3 Å². The van der Waals surface area contributed by atoms with Gasteiger partial charge in [-0.1, -0.05) is 37.6 Å². The highest BCUT2D eigenvalue weighted by Crippen LogP contribution is 2.24. The molecule has 0 aliphatic rings. The molecular weight excluding hydrogens is 232 g/mol. The van der Waals surface area contributed by atoms with Crippen LogP contribution in [0.2, 0.25) is 5.02 Å². The Hall–Kier alpha value is -1.25. The molecule has 17 heavy (non-hydrogen) atoms. The molecule has 1 aromatic heterocycles. The predicted octanol–water partition coefficient (Wildman–Crippen LogP) is 3.83. The van der Waals surface area contributed by atoms with Crippen molar-refractivity contribution >= 4 is 11.6 Å². The Morgan fingerprint density at radius 1 is 1.29 bits per heavy atom. The third-order valence-corrected chi connectivity index (χ3v) is 3.01. The lowest BCUT2D eigenvalue weighted by Gasteiger charge is -2.10. The molecule has 0 radical (unpaired) electrons. The van der Waals surface area contributed by atoms with Crippen LogP contribution in [0.1, 0.15) is 19.4 Å². The first kappa shape index (κ1) is 12.2. The molecule has 90 valence electrons. The molecule has 2 aromatic rings. The van der Waals surface area contributed by atoms with E-state index in [-0.39, 0.29) is 0 Å². The van der Waals surface area contributed by atoms with E-state index in [2.05, 4.69) is 36.3 Å². The quantitative estimate of drug-likeness (QED) is 0.846. The summed E-state index contributed by atoms with van der Waals surface area (Å²) in [6.07, 6.45) is 1.91. The minimum Gasteiger partial charge on any atom is -0.361 e. The lowest BCUT2D eigenvalue weighted by Crippen LogP contribution is -2.21. The molecule has 2 N–H and O–H groups in total. The van der Waals surface area contributed by atoms with Crippen LogP contribution in [0.15, 0.2) is 36.5 Å². The fourth-order valence-corrected chi connectivity index (χ4v) is 1.93. The lowest BCUT2D eigenvalue weighted by atomic mass is 10.1. The van der Waals surface area contributed by atoms with Gasteiger partial charge in [0.1, 0.15) is 0 Å². The van der Waals surface area contributed by atoms with Crippen molar-refractivity contribution in [2.75, 3.05) is 0 Å². The molecule has 2 nitrogen and oxygen atoms in total. The van der Waals surface area contributed by atoms with Gasteiger partial charge in [0, 0.05) is 29.5 Å². The summed E-state index contributed by atoms with van der Waals surface area (Å²) in [7, 11) is 0. The summed E-state index contributed by atoms with van der Waals surface area (Å²) >= 11 is 6.28. The minimum atomic E-state index is 0.467. The second-order valence-corrected chi connectivity index (χ2v) is 4.83. The molecule has 0 amide bonds. The summed E-state index contributed by atoms with van der Waals surface area (Å²) in [4.78, 5) is 3.18. The van der Waals surface area contributed by atoms with Crippen molar-refractivity contribution in [2.45, 2.75) is 26.4 Å². The Bertz CT molecular complexity index is 475. The van der Waals surface area contributed by atoms with Crippen molar-refractivity contribution in [2.24, 2.45) is 0 Å². The van der Waals surface area contributed by atoms with Gasteiger partial charge in [-0.25, -0.2) is 0 Å². The van der Waals surface area contributed by atoms with Gasteiger partial charge in [0.2, 0.25) is 0 Å². The largest absolute Gasteiger partial charge is 0.361 e. The van der Waals surface area contributed by atoms with Crippen LogP contribution in [0.25, 0.3) is 11.3 Å². The highest BCUT2D eigenvalue weighted by atomic mass is 35.5. The van der Waals surface area contributed by atoms with Gasteiger partial charge in [-0.3, -0.25) is 0 Å². The molecule has 0 bridgehead atoms. The van der Waals surface area contributed by atoms with Crippen LogP contribution in [0.3, 0.4) is 0 Å². The van der Waals surface area contributed by atoms with E-state index < -0.39 is 0 Å². The van der Waals surface area contributed by atoms with Gasteiger partial charge in [0.05, 0.1) is 0 Å². The predicted molar refractivity (Wildman–Crippen MR) is 73.2 cm³/mol. The van der Waals surface area contributed by atoms with E-state index in [0.29, 0.717) is 6.04 Å². The van der Waals surface area contributed by atoms with E-state index in [1.165, 1.54) is 0 Å². The maximum Gasteiger partial charge on any atom is 0.0457 e. The maximum absolute atomic E-state index is 6.28. The van der Waals surface area contributed by atoms with E-state index in [9.17, 15) is 0 Å². The fourth-order valence-electron chi connectivity index (χ4n) is 1.68. The molecule has 0 aliphatic carbocycles. The number of nitrogens with one attached hydrogen (secondary N) is 2. The summed E-state index contributed by atoms with van der Waals surface area (Å²) in [6, 6.07) is 10.7. The van der Waals surface area contributed by atoms with Crippen LogP contribution in [-0.4, -0.2) is 11.0 Å². The van der Waals surface area contributed by atoms with Crippen molar-refractivity contribution < 1.29 is 0 Å². The third kappa shape index (κ3) is 3.11. The van der Waals surface area contributed by atoms with Crippen molar-refractivity contribution in [1.29, 1.82) is 0 Å². The van der Waals surface area contributed by atoms with E-state index >= 15 is 0 Å². The van der Waals surface area contributed by atoms with E-state index in [1.54, 1.807) is 0 Å². The third-order valence-electron chi connectivity index (χ3n) is 2.66. The number of halogens is 1. The van der Waals surface area contributed by atoms with Crippen LogP contribution in [-0.2, 0) is 6.54 Å². The zero-order valence-corrected chi connectivity index (χ0v) is 10.9. The van der Waals surface area contributed by atoms with Crippen molar-refractivity contribution in [3.8, 4) is 11.3 Å². The zero-order valence-electron chi connectivity index (χ0n) is 10.1. The Morgan fingerprint density at radius 2 is 2.12 bits per heavy atom. The van der Waals surface area contributed by atoms with Crippen LogP contribution < -0.4 is 5.32 Å². The molecule has 0 saturated carbocycles. The second-order valence-electron chi connectivity index (χ2n) is 4.43. The number of benzene rings is 1. The van der Waals surface area contributed by atoms with Gasteiger partial charge in [0.25, 0.3) is 0 Å². The normalized spacial score (nSPS) is 11.1. The monoisotopic (exact) mass is 248 g/mol. The molecule has 0 saturated heterocycles. The molecule has 2 rings (SSSR count). The molecule has 3 heteroatoms. The topological polar surface area (TPSA) is 27.8 Å². The number of rotatable bonds is 4. The minimum absolute atomic E-state index is 0.467. The number of aromatic nitrogens is 1. The summed E-state index contributed by atoms with van der Waals surface area (Å²) in [5.74, 6) is 0. The van der Waals surface area contributed by atoms with Crippen molar-refractivity contribution in [3.63, 3.8) is 0 Å². The lowest BCUT2D eigenvalue weighted by molar-refractivity contribution is 0.589. The summed E-state index contributed by atoms with van der Waals surface area (Å²) in [5, 5.41) is 4.17. The summed E-state index contributed by atoms with van der Waals surface area (Å²) < 4.78 is 0. The highest BCUT2D eigenvalue weighted by Gasteiger charge is 2.04. The Kier molecular flexibility index (Phi) is 3.87. The Morgan fingerprint density at radius 3 is 2.71 bits per heavy atom.